The minimum Gasteiger partial charge on any atom is -0.486 e. The monoisotopic (exact) mass is 229 g/mol. The molecule has 1 N–H and O–H groups in total. The average molecular weight is 230 g/mol. The lowest BCUT2D eigenvalue weighted by Gasteiger charge is -2.10. The van der Waals surface area contributed by atoms with Gasteiger partial charge >= 0.3 is 0 Å². The van der Waals surface area contributed by atoms with Crippen LogP contribution < -0.4 is 10.1 Å². The number of hydrogen-bond donors (Lipinski definition) is 1. The zero-order valence-electron chi connectivity index (χ0n) is 8.47. The maximum absolute atomic E-state index is 13.4. The lowest BCUT2D eigenvalue weighted by Crippen LogP contribution is -2.08. The van der Waals surface area contributed by atoms with Gasteiger partial charge in [0.25, 0.3) is 0 Å². The van der Waals surface area contributed by atoms with E-state index in [1.165, 1.54) is 11.6 Å². The second-order valence-electron chi connectivity index (χ2n) is 2.93. The SMILES string of the molecule is CNCc1cccc(F)c1OC/C=C/Cl. The highest BCUT2D eigenvalue weighted by molar-refractivity contribution is 6.25. The Kier molecular flexibility index (Phi) is 5.15. The first-order valence-electron chi connectivity index (χ1n) is 4.59. The number of ether oxygens (including phenoxy) is 1. The van der Waals surface area contributed by atoms with E-state index in [0.29, 0.717) is 6.54 Å². The Hall–Kier alpha value is -1.06. The van der Waals surface area contributed by atoms with Crippen LogP contribution in [0.2, 0.25) is 0 Å². The van der Waals surface area contributed by atoms with Crippen LogP contribution in [0.25, 0.3) is 0 Å². The van der Waals surface area contributed by atoms with Crippen LogP contribution in [-0.4, -0.2) is 13.7 Å². The molecule has 0 radical (unpaired) electrons. The Balaban J connectivity index is 2.81. The average Bonchev–Trinajstić information content (AvgIpc) is 2.23. The van der Waals surface area contributed by atoms with Crippen molar-refractivity contribution in [2.45, 2.75) is 6.54 Å². The minimum absolute atomic E-state index is 0.265. The lowest BCUT2D eigenvalue weighted by molar-refractivity contribution is 0.337. The van der Waals surface area contributed by atoms with Crippen LogP contribution in [0.15, 0.2) is 29.8 Å². The van der Waals surface area contributed by atoms with Crippen molar-refractivity contribution in [3.63, 3.8) is 0 Å². The molecule has 0 aliphatic rings. The first-order valence-corrected chi connectivity index (χ1v) is 5.03. The molecule has 4 heteroatoms. The summed E-state index contributed by atoms with van der Waals surface area (Å²) in [7, 11) is 1.80. The molecule has 0 saturated heterocycles. The summed E-state index contributed by atoms with van der Waals surface area (Å²) in [6, 6.07) is 4.85. The Labute approximate surface area is 93.7 Å². The molecule has 0 aliphatic heterocycles. The van der Waals surface area contributed by atoms with Gasteiger partial charge in [-0.2, -0.15) is 0 Å². The summed E-state index contributed by atoms with van der Waals surface area (Å²) in [5.74, 6) is -0.0765. The molecule has 1 rings (SSSR count). The molecule has 0 aromatic heterocycles. The predicted molar refractivity (Wildman–Crippen MR) is 59.7 cm³/mol. The third-order valence-corrected chi connectivity index (χ3v) is 2.01. The summed E-state index contributed by atoms with van der Waals surface area (Å²) in [5, 5.41) is 2.95. The van der Waals surface area contributed by atoms with Gasteiger partial charge in [0, 0.05) is 17.6 Å². The smallest absolute Gasteiger partial charge is 0.165 e. The van der Waals surface area contributed by atoms with Gasteiger partial charge in [0.05, 0.1) is 0 Å². The highest BCUT2D eigenvalue weighted by Crippen LogP contribution is 2.22. The Morgan fingerprint density at radius 3 is 3.00 bits per heavy atom. The quantitative estimate of drug-likeness (QED) is 0.838. The van der Waals surface area contributed by atoms with Gasteiger partial charge in [-0.05, 0) is 19.2 Å². The van der Waals surface area contributed by atoms with Crippen LogP contribution in [0, 0.1) is 5.82 Å². The third-order valence-electron chi connectivity index (χ3n) is 1.83. The Morgan fingerprint density at radius 1 is 1.53 bits per heavy atom. The fourth-order valence-corrected chi connectivity index (χ4v) is 1.29. The first-order chi connectivity index (χ1) is 7.29. The molecule has 1 aromatic carbocycles. The predicted octanol–water partition coefficient (Wildman–Crippen LogP) is 2.68. The second kappa shape index (κ2) is 6.43. The van der Waals surface area contributed by atoms with Gasteiger partial charge < -0.3 is 10.1 Å². The molecule has 15 heavy (non-hydrogen) atoms. The minimum atomic E-state index is -0.356. The zero-order valence-corrected chi connectivity index (χ0v) is 9.22. The van der Waals surface area contributed by atoms with Gasteiger partial charge in [-0.1, -0.05) is 23.7 Å². The lowest BCUT2D eigenvalue weighted by atomic mass is 10.2. The zero-order chi connectivity index (χ0) is 11.1. The number of nitrogens with one attached hydrogen (secondary N) is 1. The molecule has 0 unspecified atom stereocenters. The van der Waals surface area contributed by atoms with E-state index in [9.17, 15) is 4.39 Å². The van der Waals surface area contributed by atoms with Crippen LogP contribution in [0.4, 0.5) is 4.39 Å². The maximum atomic E-state index is 13.4. The van der Waals surface area contributed by atoms with Gasteiger partial charge in [0.1, 0.15) is 6.61 Å². The summed E-state index contributed by atoms with van der Waals surface area (Å²) in [6.07, 6.45) is 1.61. The molecule has 0 amide bonds. The van der Waals surface area contributed by atoms with Crippen LogP contribution in [-0.2, 0) is 6.54 Å². The van der Waals surface area contributed by atoms with Gasteiger partial charge in [0.15, 0.2) is 11.6 Å². The van der Waals surface area contributed by atoms with Gasteiger partial charge in [0.2, 0.25) is 0 Å². The molecule has 0 heterocycles. The summed E-state index contributed by atoms with van der Waals surface area (Å²) < 4.78 is 18.7. The van der Waals surface area contributed by atoms with Crippen molar-refractivity contribution in [3.05, 3.63) is 41.2 Å². The van der Waals surface area contributed by atoms with Crippen molar-refractivity contribution >= 4 is 11.6 Å². The van der Waals surface area contributed by atoms with Gasteiger partial charge in [-0.25, -0.2) is 4.39 Å². The molecule has 0 saturated carbocycles. The van der Waals surface area contributed by atoms with Crippen molar-refractivity contribution in [3.8, 4) is 5.75 Å². The normalized spacial score (nSPS) is 10.9. The highest BCUT2D eigenvalue weighted by atomic mass is 35.5. The molecule has 0 bridgehead atoms. The van der Waals surface area contributed by atoms with E-state index in [2.05, 4.69) is 5.32 Å². The van der Waals surface area contributed by atoms with E-state index in [4.69, 9.17) is 16.3 Å². The summed E-state index contributed by atoms with van der Waals surface area (Å²) in [6.45, 7) is 0.832. The van der Waals surface area contributed by atoms with Crippen LogP contribution in [0.3, 0.4) is 0 Å². The summed E-state index contributed by atoms with van der Waals surface area (Å²) in [5.41, 5.74) is 2.14. The molecular weight excluding hydrogens is 217 g/mol. The number of benzene rings is 1. The molecule has 0 atom stereocenters. The number of hydrogen-bond acceptors (Lipinski definition) is 2. The van der Waals surface area contributed by atoms with Crippen molar-refractivity contribution in [2.75, 3.05) is 13.7 Å². The van der Waals surface area contributed by atoms with E-state index >= 15 is 0 Å². The summed E-state index contributed by atoms with van der Waals surface area (Å²) in [4.78, 5) is 0. The van der Waals surface area contributed by atoms with E-state index in [-0.39, 0.29) is 18.2 Å². The second-order valence-corrected chi connectivity index (χ2v) is 3.18. The maximum Gasteiger partial charge on any atom is 0.165 e. The van der Waals surface area contributed by atoms with E-state index in [0.717, 1.165) is 5.56 Å². The molecular formula is C11H13ClFNO. The first kappa shape index (κ1) is 12.0. The van der Waals surface area contributed by atoms with Crippen molar-refractivity contribution in [1.29, 1.82) is 0 Å². The summed E-state index contributed by atoms with van der Waals surface area (Å²) >= 11 is 5.34. The largest absolute Gasteiger partial charge is 0.486 e. The van der Waals surface area contributed by atoms with E-state index in [1.54, 1.807) is 19.2 Å². The van der Waals surface area contributed by atoms with Gasteiger partial charge in [-0.15, -0.1) is 0 Å². The van der Waals surface area contributed by atoms with Crippen molar-refractivity contribution < 1.29 is 9.13 Å². The van der Waals surface area contributed by atoms with Crippen molar-refractivity contribution in [2.24, 2.45) is 0 Å². The van der Waals surface area contributed by atoms with Crippen molar-refractivity contribution in [1.82, 2.24) is 5.32 Å². The van der Waals surface area contributed by atoms with Crippen LogP contribution in [0.5, 0.6) is 5.75 Å². The van der Waals surface area contributed by atoms with Crippen LogP contribution in [0.1, 0.15) is 5.56 Å². The molecule has 0 fully saturated rings. The third kappa shape index (κ3) is 3.53. The molecule has 82 valence electrons. The highest BCUT2D eigenvalue weighted by Gasteiger charge is 2.07. The van der Waals surface area contributed by atoms with E-state index in [1.807, 2.05) is 6.07 Å². The Bertz CT molecular complexity index is 341. The van der Waals surface area contributed by atoms with Crippen LogP contribution >= 0.6 is 11.6 Å². The fourth-order valence-electron chi connectivity index (χ4n) is 1.21. The fraction of sp³-hybridized carbons (Fsp3) is 0.273. The topological polar surface area (TPSA) is 21.3 Å². The van der Waals surface area contributed by atoms with E-state index < -0.39 is 0 Å². The standard InChI is InChI=1S/C11H13ClFNO/c1-14-8-9-4-2-5-10(13)11(9)15-7-3-6-12/h2-6,14H,7-8H2,1H3/b6-3+. The Morgan fingerprint density at radius 2 is 2.33 bits per heavy atom. The molecule has 0 aliphatic carbocycles. The van der Waals surface area contributed by atoms with Gasteiger partial charge in [-0.3, -0.25) is 0 Å². The molecule has 0 spiro atoms. The number of para-hydroxylation sites is 1. The number of rotatable bonds is 5. The number of halogens is 2. The molecule has 2 nitrogen and oxygen atoms in total. The molecule has 1 aromatic rings.